The number of aromatic nitrogens is 2. The summed E-state index contributed by atoms with van der Waals surface area (Å²) in [5.41, 5.74) is 2.38. The number of para-hydroxylation sites is 2. The summed E-state index contributed by atoms with van der Waals surface area (Å²) in [5.74, 6) is 2.96. The lowest BCUT2D eigenvalue weighted by Gasteiger charge is -2.27. The lowest BCUT2D eigenvalue weighted by atomic mass is 10.2. The van der Waals surface area contributed by atoms with Gasteiger partial charge >= 0.3 is 0 Å². The Bertz CT molecular complexity index is 1530. The molecule has 11 nitrogen and oxygen atoms in total. The summed E-state index contributed by atoms with van der Waals surface area (Å²) in [6.07, 6.45) is 0. The maximum atomic E-state index is 12.7. The lowest BCUT2D eigenvalue weighted by molar-refractivity contribution is -0.117. The van der Waals surface area contributed by atoms with E-state index in [-0.39, 0.29) is 29.8 Å². The Balaban J connectivity index is 1.53. The van der Waals surface area contributed by atoms with Gasteiger partial charge in [0.2, 0.25) is 5.91 Å². The Morgan fingerprint density at radius 3 is 2.40 bits per heavy atom. The molecule has 1 atom stereocenters. The van der Waals surface area contributed by atoms with Crippen molar-refractivity contribution in [2.45, 2.75) is 0 Å². The highest BCUT2D eigenvalue weighted by atomic mass is 32.2. The van der Waals surface area contributed by atoms with E-state index in [1.54, 1.807) is 72.4 Å². The average molecular weight is 580 g/mol. The largest absolute Gasteiger partial charge is 0.755 e. The van der Waals surface area contributed by atoms with Gasteiger partial charge in [0.1, 0.15) is 11.5 Å². The minimum Gasteiger partial charge on any atom is -0.755 e. The van der Waals surface area contributed by atoms with Crippen LogP contribution in [0, 0.1) is 0 Å². The fourth-order valence-electron chi connectivity index (χ4n) is 4.20. The number of benzene rings is 3. The third-order valence-corrected chi connectivity index (χ3v) is 7.77. The molecule has 0 bridgehead atoms. The van der Waals surface area contributed by atoms with Crippen molar-refractivity contribution < 1.29 is 23.0 Å². The molecule has 1 unspecified atom stereocenters. The van der Waals surface area contributed by atoms with Gasteiger partial charge in [-0.05, 0) is 30.3 Å². The Hall–Kier alpha value is -3.91. The molecule has 1 amide bonds. The molecule has 13 heteroatoms. The molecule has 40 heavy (non-hydrogen) atoms. The average Bonchev–Trinajstić information content (AvgIpc) is 3.46. The number of carbonyl (C=O) groups is 1. The number of nitrogens with one attached hydrogen (secondary N) is 2. The van der Waals surface area contributed by atoms with Crippen LogP contribution in [0.15, 0.2) is 66.7 Å². The van der Waals surface area contributed by atoms with Crippen LogP contribution in [-0.2, 0) is 16.1 Å². The van der Waals surface area contributed by atoms with Gasteiger partial charge in [-0.3, -0.25) is 18.2 Å². The van der Waals surface area contributed by atoms with Gasteiger partial charge in [0.05, 0.1) is 48.8 Å². The number of hydrogen-bond donors (Lipinski definition) is 2. The van der Waals surface area contributed by atoms with E-state index in [2.05, 4.69) is 20.5 Å². The second kappa shape index (κ2) is 12.5. The van der Waals surface area contributed by atoms with Crippen molar-refractivity contribution in [3.8, 4) is 11.5 Å². The van der Waals surface area contributed by atoms with E-state index in [1.165, 1.54) is 14.2 Å². The number of ether oxygens (including phenoxy) is 2. The first-order valence-corrected chi connectivity index (χ1v) is 14.5. The number of carbonyl (C=O) groups excluding carboxylic acids is 1. The summed E-state index contributed by atoms with van der Waals surface area (Å²) in [7, 11) is 3.08. The molecule has 1 fully saturated rings. The molecule has 2 heterocycles. The van der Waals surface area contributed by atoms with Crippen LogP contribution in [0.1, 0.15) is 0 Å². The van der Waals surface area contributed by atoms with Crippen molar-refractivity contribution in [3.05, 3.63) is 66.7 Å². The third kappa shape index (κ3) is 6.45. The van der Waals surface area contributed by atoms with Gasteiger partial charge in [0.25, 0.3) is 0 Å². The first-order valence-electron chi connectivity index (χ1n) is 12.3. The number of methoxy groups -OCH3 is 2. The number of nitrogens with zero attached hydrogens (tertiary/aromatic N) is 4. The highest BCUT2D eigenvalue weighted by Crippen LogP contribution is 2.36. The van der Waals surface area contributed by atoms with Crippen LogP contribution in [-0.4, -0.2) is 68.5 Å². The van der Waals surface area contributed by atoms with Crippen molar-refractivity contribution in [2.75, 3.05) is 53.9 Å². The number of amides is 1. The number of hydrogen-bond acceptors (Lipinski definition) is 10. The molecule has 1 aliphatic heterocycles. The summed E-state index contributed by atoms with van der Waals surface area (Å²) in [6.45, 7) is 1.12. The fourth-order valence-corrected chi connectivity index (χ4v) is 5.75. The zero-order valence-electron chi connectivity index (χ0n) is 21.8. The summed E-state index contributed by atoms with van der Waals surface area (Å²) in [6, 6.07) is 18.9. The van der Waals surface area contributed by atoms with Crippen LogP contribution in [0.2, 0.25) is 0 Å². The molecular formula is C27H27N6O5S2-. The monoisotopic (exact) mass is 579 g/mol. The quantitative estimate of drug-likeness (QED) is 0.263. The Kier molecular flexibility index (Phi) is 8.65. The first-order chi connectivity index (χ1) is 19.4. The molecule has 1 aliphatic rings. The predicted molar refractivity (Wildman–Crippen MR) is 157 cm³/mol. The van der Waals surface area contributed by atoms with Crippen molar-refractivity contribution in [1.82, 2.24) is 14.9 Å². The Morgan fingerprint density at radius 1 is 1.02 bits per heavy atom. The van der Waals surface area contributed by atoms with E-state index in [9.17, 15) is 13.6 Å². The number of anilines is 5. The minimum absolute atomic E-state index is 0.0476. The molecule has 0 spiro atoms. The fraction of sp³-hybridized carbons (Fsp3) is 0.222. The zero-order valence-corrected chi connectivity index (χ0v) is 23.5. The normalized spacial score (nSPS) is 14.1. The minimum atomic E-state index is -2.79. The van der Waals surface area contributed by atoms with E-state index in [4.69, 9.17) is 14.5 Å². The van der Waals surface area contributed by atoms with Crippen molar-refractivity contribution in [1.29, 1.82) is 0 Å². The highest BCUT2D eigenvalue weighted by molar-refractivity contribution is 7.99. The Morgan fingerprint density at radius 2 is 1.75 bits per heavy atom. The van der Waals surface area contributed by atoms with Gasteiger partial charge in [0, 0.05) is 47.7 Å². The predicted octanol–water partition coefficient (Wildman–Crippen LogP) is 4.27. The molecule has 3 aromatic carbocycles. The standard InChI is InChI=1S/C27H28N6O5S2/c1-37-21-13-19(14-22(15-21)38-2)29-26-27(31-24-9-4-3-8-23(24)30-26)33(40(35)36)20-7-5-6-18(12-20)28-25(34)16-32-10-11-39-17-32/h3-9,12-15H,10-11,16-17H2,1-2H3,(H,28,34)(H,29,30)(H,35,36)/p-1. The number of thioether (sulfide) groups is 1. The molecule has 4 aromatic rings. The molecule has 0 aliphatic carbocycles. The van der Waals surface area contributed by atoms with E-state index < -0.39 is 11.3 Å². The molecule has 1 saturated heterocycles. The van der Waals surface area contributed by atoms with Crippen LogP contribution >= 0.6 is 11.8 Å². The van der Waals surface area contributed by atoms with E-state index in [1.807, 2.05) is 6.07 Å². The van der Waals surface area contributed by atoms with E-state index >= 15 is 0 Å². The maximum absolute atomic E-state index is 12.7. The lowest BCUT2D eigenvalue weighted by Crippen LogP contribution is -2.31. The van der Waals surface area contributed by atoms with Gasteiger partial charge < -0.3 is 24.7 Å². The van der Waals surface area contributed by atoms with E-state index in [0.717, 1.165) is 22.5 Å². The molecule has 2 N–H and O–H groups in total. The summed E-state index contributed by atoms with van der Waals surface area (Å²) >= 11 is -1.00. The highest BCUT2D eigenvalue weighted by Gasteiger charge is 2.21. The second-order valence-electron chi connectivity index (χ2n) is 8.81. The molecule has 0 radical (unpaired) electrons. The zero-order chi connectivity index (χ0) is 28.1. The molecule has 1 aromatic heterocycles. The van der Waals surface area contributed by atoms with Gasteiger partial charge in [-0.15, -0.1) is 11.8 Å². The van der Waals surface area contributed by atoms with Crippen molar-refractivity contribution in [2.24, 2.45) is 0 Å². The van der Waals surface area contributed by atoms with Crippen molar-refractivity contribution >= 4 is 68.7 Å². The van der Waals surface area contributed by atoms with Crippen LogP contribution in [0.5, 0.6) is 11.5 Å². The summed E-state index contributed by atoms with van der Waals surface area (Å²) < 4.78 is 37.2. The molecule has 5 rings (SSSR count). The van der Waals surface area contributed by atoms with Gasteiger partial charge in [-0.2, -0.15) is 0 Å². The van der Waals surface area contributed by atoms with Crippen LogP contribution in [0.3, 0.4) is 0 Å². The molecular weight excluding hydrogens is 552 g/mol. The van der Waals surface area contributed by atoms with Crippen LogP contribution in [0.4, 0.5) is 28.7 Å². The third-order valence-electron chi connectivity index (χ3n) is 6.07. The summed E-state index contributed by atoms with van der Waals surface area (Å²) in [5, 5.41) is 6.05. The Labute approximate surface area is 238 Å². The van der Waals surface area contributed by atoms with Crippen molar-refractivity contribution in [3.63, 3.8) is 0 Å². The van der Waals surface area contributed by atoms with Crippen LogP contribution in [0.25, 0.3) is 11.0 Å². The van der Waals surface area contributed by atoms with E-state index in [0.29, 0.717) is 33.9 Å². The second-order valence-corrected chi connectivity index (χ2v) is 10.7. The molecule has 0 saturated carbocycles. The first kappa shape index (κ1) is 27.6. The molecule has 208 valence electrons. The maximum Gasteiger partial charge on any atom is 0.238 e. The smallest absolute Gasteiger partial charge is 0.238 e. The van der Waals surface area contributed by atoms with Gasteiger partial charge in [-0.1, -0.05) is 18.2 Å². The summed E-state index contributed by atoms with van der Waals surface area (Å²) in [4.78, 5) is 24.0. The van der Waals surface area contributed by atoms with Gasteiger partial charge in [-0.25, -0.2) is 9.97 Å². The SMILES string of the molecule is COc1cc(Nc2nc3ccccc3nc2N(c2cccc(NC(=O)CN3CCSC3)c2)S(=O)[O-])cc(OC)c1. The number of fused-ring (bicyclic) bond motifs is 1. The topological polar surface area (TPSA) is 132 Å². The van der Waals surface area contributed by atoms with Gasteiger partial charge in [0.15, 0.2) is 11.6 Å². The number of rotatable bonds is 10. The van der Waals surface area contributed by atoms with Crippen LogP contribution < -0.4 is 24.4 Å².